The number of nitrogens with zero attached hydrogens (tertiary/aromatic N) is 2. The lowest BCUT2D eigenvalue weighted by molar-refractivity contribution is -0.149. The Morgan fingerprint density at radius 2 is 1.96 bits per heavy atom. The van der Waals surface area contributed by atoms with Gasteiger partial charge >= 0.3 is 5.97 Å². The highest BCUT2D eigenvalue weighted by Gasteiger charge is 2.33. The average molecular weight is 395 g/mol. The summed E-state index contributed by atoms with van der Waals surface area (Å²) >= 11 is 1.22. The summed E-state index contributed by atoms with van der Waals surface area (Å²) in [6.07, 6.45) is 6.12. The van der Waals surface area contributed by atoms with E-state index in [9.17, 15) is 13.2 Å². The van der Waals surface area contributed by atoms with Gasteiger partial charge in [0.15, 0.2) is 0 Å². The Labute approximate surface area is 157 Å². The van der Waals surface area contributed by atoms with Crippen LogP contribution in [0.1, 0.15) is 24.8 Å². The van der Waals surface area contributed by atoms with Gasteiger partial charge in [-0.2, -0.15) is 4.31 Å². The molecule has 1 fully saturated rings. The number of carbonyl (C=O) groups is 1. The van der Waals surface area contributed by atoms with E-state index < -0.39 is 10.0 Å². The molecule has 0 spiro atoms. The van der Waals surface area contributed by atoms with E-state index in [-0.39, 0.29) is 11.9 Å². The Bertz CT molecular complexity index is 799. The summed E-state index contributed by atoms with van der Waals surface area (Å²) in [5, 5.41) is 1.75. The fourth-order valence-corrected chi connectivity index (χ4v) is 5.60. The van der Waals surface area contributed by atoms with Gasteiger partial charge in [-0.1, -0.05) is 6.07 Å². The van der Waals surface area contributed by atoms with E-state index in [0.29, 0.717) is 36.7 Å². The normalized spacial score (nSPS) is 16.5. The molecule has 1 aliphatic heterocycles. The van der Waals surface area contributed by atoms with Gasteiger partial charge in [0.25, 0.3) is 10.0 Å². The summed E-state index contributed by atoms with van der Waals surface area (Å²) in [5.74, 6) is -0.432. The molecule has 0 radical (unpaired) electrons. The summed E-state index contributed by atoms with van der Waals surface area (Å²) in [7, 11) is -3.42. The van der Waals surface area contributed by atoms with Crippen LogP contribution in [0.15, 0.2) is 46.2 Å². The number of pyridine rings is 1. The van der Waals surface area contributed by atoms with Crippen molar-refractivity contribution in [3.8, 4) is 0 Å². The predicted octanol–water partition coefficient (Wildman–Crippen LogP) is 2.72. The van der Waals surface area contributed by atoms with E-state index in [1.807, 2.05) is 12.1 Å². The van der Waals surface area contributed by atoms with Crippen molar-refractivity contribution in [1.82, 2.24) is 9.29 Å². The Morgan fingerprint density at radius 3 is 2.62 bits per heavy atom. The Kier molecular flexibility index (Phi) is 6.39. The third kappa shape index (κ3) is 4.69. The molecule has 26 heavy (non-hydrogen) atoms. The number of hydrogen-bond acceptors (Lipinski definition) is 6. The number of hydrogen-bond donors (Lipinski definition) is 0. The number of esters is 1. The zero-order valence-electron chi connectivity index (χ0n) is 14.4. The average Bonchev–Trinajstić information content (AvgIpc) is 3.22. The third-order valence-electron chi connectivity index (χ3n) is 4.48. The number of aryl methyl sites for hydroxylation is 1. The van der Waals surface area contributed by atoms with Gasteiger partial charge in [-0.3, -0.25) is 9.78 Å². The molecule has 0 saturated carbocycles. The summed E-state index contributed by atoms with van der Waals surface area (Å²) < 4.78 is 32.2. The summed E-state index contributed by atoms with van der Waals surface area (Å²) in [5.41, 5.74) is 1.17. The van der Waals surface area contributed by atoms with Crippen LogP contribution < -0.4 is 0 Å². The molecule has 0 aromatic carbocycles. The van der Waals surface area contributed by atoms with Gasteiger partial charge in [0.1, 0.15) is 4.21 Å². The van der Waals surface area contributed by atoms with Crippen LogP contribution in [-0.4, -0.2) is 43.4 Å². The van der Waals surface area contributed by atoms with Gasteiger partial charge in [0.2, 0.25) is 0 Å². The maximum Gasteiger partial charge on any atom is 0.309 e. The van der Waals surface area contributed by atoms with E-state index >= 15 is 0 Å². The number of piperidine rings is 1. The van der Waals surface area contributed by atoms with Crippen molar-refractivity contribution < 1.29 is 17.9 Å². The van der Waals surface area contributed by atoms with Crippen molar-refractivity contribution in [1.29, 1.82) is 0 Å². The van der Waals surface area contributed by atoms with Crippen molar-refractivity contribution in [2.24, 2.45) is 5.92 Å². The molecule has 0 aliphatic carbocycles. The molecule has 8 heteroatoms. The molecule has 140 valence electrons. The fourth-order valence-electron chi connectivity index (χ4n) is 2.99. The highest BCUT2D eigenvalue weighted by atomic mass is 32.2. The van der Waals surface area contributed by atoms with Gasteiger partial charge < -0.3 is 4.74 Å². The molecule has 1 aliphatic rings. The van der Waals surface area contributed by atoms with Crippen molar-refractivity contribution >= 4 is 27.3 Å². The molecule has 0 N–H and O–H groups in total. The van der Waals surface area contributed by atoms with Crippen LogP contribution in [0.2, 0.25) is 0 Å². The molecule has 3 rings (SSSR count). The SMILES string of the molecule is O=C(OCCCc1ccncc1)C1CCN(S(=O)(=O)c2cccs2)CC1. The number of aromatic nitrogens is 1. The van der Waals surface area contributed by atoms with E-state index in [1.54, 1.807) is 29.9 Å². The number of rotatable bonds is 7. The van der Waals surface area contributed by atoms with E-state index in [2.05, 4.69) is 4.98 Å². The molecule has 0 unspecified atom stereocenters. The first-order chi connectivity index (χ1) is 12.6. The predicted molar refractivity (Wildman–Crippen MR) is 99.3 cm³/mol. The van der Waals surface area contributed by atoms with Crippen LogP contribution in [0, 0.1) is 5.92 Å². The lowest BCUT2D eigenvalue weighted by Gasteiger charge is -2.29. The van der Waals surface area contributed by atoms with Crippen molar-refractivity contribution in [2.45, 2.75) is 29.9 Å². The first-order valence-electron chi connectivity index (χ1n) is 8.66. The van der Waals surface area contributed by atoms with E-state index in [0.717, 1.165) is 12.8 Å². The summed E-state index contributed by atoms with van der Waals surface area (Å²) in [4.78, 5) is 16.2. The minimum Gasteiger partial charge on any atom is -0.465 e. The highest BCUT2D eigenvalue weighted by Crippen LogP contribution is 2.26. The van der Waals surface area contributed by atoms with Gasteiger partial charge in [-0.05, 0) is 54.8 Å². The van der Waals surface area contributed by atoms with Crippen LogP contribution in [0.4, 0.5) is 0 Å². The molecule has 1 saturated heterocycles. The second-order valence-electron chi connectivity index (χ2n) is 6.24. The number of sulfonamides is 1. The van der Waals surface area contributed by atoms with Crippen LogP contribution in [0.5, 0.6) is 0 Å². The minimum absolute atomic E-state index is 0.215. The summed E-state index contributed by atoms with van der Waals surface area (Å²) in [6, 6.07) is 7.24. The Balaban J connectivity index is 1.41. The molecular weight excluding hydrogens is 372 g/mol. The van der Waals surface area contributed by atoms with Crippen LogP contribution >= 0.6 is 11.3 Å². The smallest absolute Gasteiger partial charge is 0.309 e. The molecule has 2 aromatic heterocycles. The van der Waals surface area contributed by atoms with E-state index in [4.69, 9.17) is 4.74 Å². The van der Waals surface area contributed by atoms with Gasteiger partial charge in [0.05, 0.1) is 12.5 Å². The fraction of sp³-hybridized carbons (Fsp3) is 0.444. The summed E-state index contributed by atoms with van der Waals surface area (Å²) in [6.45, 7) is 1.10. The van der Waals surface area contributed by atoms with Crippen molar-refractivity contribution in [3.63, 3.8) is 0 Å². The second kappa shape index (κ2) is 8.75. The number of thiophene rings is 1. The first-order valence-corrected chi connectivity index (χ1v) is 11.0. The first kappa shape index (κ1) is 19.0. The topological polar surface area (TPSA) is 76.6 Å². The van der Waals surface area contributed by atoms with Gasteiger partial charge in [-0.25, -0.2) is 8.42 Å². The lowest BCUT2D eigenvalue weighted by atomic mass is 9.98. The largest absolute Gasteiger partial charge is 0.465 e. The van der Waals surface area contributed by atoms with Crippen LogP contribution in [-0.2, 0) is 26.0 Å². The second-order valence-corrected chi connectivity index (χ2v) is 9.35. The molecule has 0 amide bonds. The third-order valence-corrected chi connectivity index (χ3v) is 7.75. The molecule has 6 nitrogen and oxygen atoms in total. The maximum atomic E-state index is 12.5. The minimum atomic E-state index is -3.42. The standard InChI is InChI=1S/C18H22N2O4S2/c21-18(24-13-1-3-15-5-9-19-10-6-15)16-7-11-20(12-8-16)26(22,23)17-4-2-14-25-17/h2,4-6,9-10,14,16H,1,3,7-8,11-13H2. The van der Waals surface area contributed by atoms with Crippen LogP contribution in [0.3, 0.4) is 0 Å². The zero-order chi connectivity index (χ0) is 18.4. The molecule has 0 atom stereocenters. The highest BCUT2D eigenvalue weighted by molar-refractivity contribution is 7.91. The molecular formula is C18H22N2O4S2. The van der Waals surface area contributed by atoms with Crippen LogP contribution in [0.25, 0.3) is 0 Å². The van der Waals surface area contributed by atoms with E-state index in [1.165, 1.54) is 21.2 Å². The quantitative estimate of drug-likeness (QED) is 0.533. The van der Waals surface area contributed by atoms with Gasteiger partial charge in [0, 0.05) is 25.5 Å². The Hall–Kier alpha value is -1.77. The van der Waals surface area contributed by atoms with Gasteiger partial charge in [-0.15, -0.1) is 11.3 Å². The zero-order valence-corrected chi connectivity index (χ0v) is 16.0. The lowest BCUT2D eigenvalue weighted by Crippen LogP contribution is -2.40. The molecule has 2 aromatic rings. The monoisotopic (exact) mass is 394 g/mol. The number of ether oxygens (including phenoxy) is 1. The molecule has 3 heterocycles. The Morgan fingerprint density at radius 1 is 1.23 bits per heavy atom. The number of carbonyl (C=O) groups excluding carboxylic acids is 1. The van der Waals surface area contributed by atoms with Crippen molar-refractivity contribution in [2.75, 3.05) is 19.7 Å². The maximum absolute atomic E-state index is 12.5. The van der Waals surface area contributed by atoms with Crippen molar-refractivity contribution in [3.05, 3.63) is 47.6 Å². The molecule has 0 bridgehead atoms.